The second kappa shape index (κ2) is 26.2. The molecule has 0 bridgehead atoms. The molecule has 0 saturated carbocycles. The van der Waals surface area contributed by atoms with Crippen LogP contribution in [0.4, 0.5) is 22.7 Å². The Morgan fingerprint density at radius 1 is 0.833 bits per heavy atom. The minimum atomic E-state index is 0.294. The molecule has 0 fully saturated rings. The fourth-order valence-electron chi connectivity index (χ4n) is 5.73. The molecule has 0 amide bonds. The van der Waals surface area contributed by atoms with Crippen molar-refractivity contribution in [3.8, 4) is 12.1 Å². The van der Waals surface area contributed by atoms with Gasteiger partial charge in [0.1, 0.15) is 29.8 Å². The molecule has 2 unspecified atom stereocenters. The normalized spacial score (nSPS) is 12.0. The maximum Gasteiger partial charge on any atom is 0.121 e. The third kappa shape index (κ3) is 15.4. The summed E-state index contributed by atoms with van der Waals surface area (Å²) >= 11 is 0. The molecule has 0 aliphatic carbocycles. The molecular formula is C40H62N6O2. The summed E-state index contributed by atoms with van der Waals surface area (Å²) in [5.41, 5.74) is 4.48. The number of hydrogen-bond donors (Lipinski definition) is 1. The minimum Gasteiger partial charge on any atom is -0.386 e. The number of ether oxygens (including phenoxy) is 1. The highest BCUT2D eigenvalue weighted by Crippen LogP contribution is 2.35. The molecule has 2 rings (SSSR count). The van der Waals surface area contributed by atoms with Crippen molar-refractivity contribution in [2.75, 3.05) is 37.0 Å². The first kappa shape index (κ1) is 42.3. The zero-order chi connectivity index (χ0) is 35.6. The average Bonchev–Trinajstić information content (AvgIpc) is 3.11. The summed E-state index contributed by atoms with van der Waals surface area (Å²) in [6.07, 6.45) is 15.2. The molecule has 0 aromatic heterocycles. The number of nitrogens with zero attached hydrogens (tertiary/aromatic N) is 5. The van der Waals surface area contributed by atoms with E-state index in [0.717, 1.165) is 43.5 Å². The van der Waals surface area contributed by atoms with Gasteiger partial charge in [-0.15, -0.1) is 10.2 Å². The zero-order valence-electron chi connectivity index (χ0n) is 31.0. The van der Waals surface area contributed by atoms with Crippen LogP contribution in [-0.2, 0) is 16.1 Å². The van der Waals surface area contributed by atoms with Crippen molar-refractivity contribution in [2.45, 2.75) is 125 Å². The lowest BCUT2D eigenvalue weighted by molar-refractivity contribution is -0.106. The summed E-state index contributed by atoms with van der Waals surface area (Å²) in [7, 11) is 1.90. The van der Waals surface area contributed by atoms with Gasteiger partial charge in [-0.2, -0.15) is 10.5 Å². The molecule has 8 heteroatoms. The average molecular weight is 659 g/mol. The van der Waals surface area contributed by atoms with E-state index in [-0.39, 0.29) is 0 Å². The fraction of sp³-hybridized carbons (Fsp3) is 0.625. The quantitative estimate of drug-likeness (QED) is 0.0722. The van der Waals surface area contributed by atoms with Gasteiger partial charge < -0.3 is 19.7 Å². The van der Waals surface area contributed by atoms with Gasteiger partial charge in [-0.1, -0.05) is 92.4 Å². The van der Waals surface area contributed by atoms with E-state index in [1.54, 1.807) is 12.1 Å². The van der Waals surface area contributed by atoms with Gasteiger partial charge in [0.15, 0.2) is 0 Å². The maximum atomic E-state index is 9.90. The van der Waals surface area contributed by atoms with Crippen LogP contribution in [0.1, 0.15) is 135 Å². The number of unbranched alkanes of at least 4 members (excludes halogenated alkanes) is 5. The Kier molecular flexibility index (Phi) is 23.1. The summed E-state index contributed by atoms with van der Waals surface area (Å²) in [6.45, 7) is 15.9. The Morgan fingerprint density at radius 2 is 1.40 bits per heavy atom. The number of rotatable bonds is 23. The molecule has 8 nitrogen and oxygen atoms in total. The summed E-state index contributed by atoms with van der Waals surface area (Å²) in [5.74, 6) is 1.32. The minimum absolute atomic E-state index is 0.294. The molecule has 0 aliphatic heterocycles. The van der Waals surface area contributed by atoms with Gasteiger partial charge in [0.25, 0.3) is 0 Å². The second-order valence-electron chi connectivity index (χ2n) is 12.5. The predicted molar refractivity (Wildman–Crippen MR) is 200 cm³/mol. The highest BCUT2D eigenvalue weighted by atomic mass is 16.5. The molecule has 0 radical (unpaired) electrons. The first-order valence-corrected chi connectivity index (χ1v) is 18.3. The standard InChI is InChI=1S/C38H58N6O.C2H4O/c1-7-12-15-16-21-45-29-32-22-33(25-39)38(34(23-32)26-40)43-42-36-20-19-35(24-37(36)41-6)44(27-30(10-4)17-13-8-2)28-31(11-5)18-14-9-3;1-2-3/h19-20,22-24,30-31,41H,7-18,21,27-29H2,1-6H3;2H,1H3. The van der Waals surface area contributed by atoms with Crippen LogP contribution < -0.4 is 10.2 Å². The number of nitriles is 2. The predicted octanol–water partition coefficient (Wildman–Crippen LogP) is 11.4. The van der Waals surface area contributed by atoms with Gasteiger partial charge >= 0.3 is 0 Å². The van der Waals surface area contributed by atoms with Crippen molar-refractivity contribution in [3.05, 3.63) is 47.0 Å². The van der Waals surface area contributed by atoms with Gasteiger partial charge in [0, 0.05) is 32.4 Å². The maximum absolute atomic E-state index is 9.90. The monoisotopic (exact) mass is 658 g/mol. The number of carbonyl (C=O) groups excluding carboxylic acids is 1. The van der Waals surface area contributed by atoms with Crippen LogP contribution in [0.15, 0.2) is 40.6 Å². The summed E-state index contributed by atoms with van der Waals surface area (Å²) in [6, 6.07) is 14.2. The first-order chi connectivity index (χ1) is 23.4. The van der Waals surface area contributed by atoms with Crippen LogP contribution in [0.3, 0.4) is 0 Å². The Hall–Kier alpha value is -3.75. The van der Waals surface area contributed by atoms with E-state index in [1.165, 1.54) is 76.8 Å². The summed E-state index contributed by atoms with van der Waals surface area (Å²) in [5, 5.41) is 32.1. The Labute approximate surface area is 292 Å². The lowest BCUT2D eigenvalue weighted by Gasteiger charge is -2.33. The molecule has 0 aliphatic rings. The highest BCUT2D eigenvalue weighted by Gasteiger charge is 2.19. The highest BCUT2D eigenvalue weighted by molar-refractivity contribution is 5.72. The smallest absolute Gasteiger partial charge is 0.121 e. The van der Waals surface area contributed by atoms with Gasteiger partial charge in [-0.05, 0) is 73.9 Å². The van der Waals surface area contributed by atoms with E-state index in [0.29, 0.717) is 47.6 Å². The molecule has 2 aromatic carbocycles. The van der Waals surface area contributed by atoms with Gasteiger partial charge in [-0.25, -0.2) is 0 Å². The van der Waals surface area contributed by atoms with Crippen LogP contribution in [0, 0.1) is 34.5 Å². The van der Waals surface area contributed by atoms with Crippen molar-refractivity contribution in [1.82, 2.24) is 0 Å². The molecule has 1 N–H and O–H groups in total. The van der Waals surface area contributed by atoms with Crippen LogP contribution in [0.2, 0.25) is 0 Å². The number of nitrogens with one attached hydrogen (secondary N) is 1. The van der Waals surface area contributed by atoms with Crippen LogP contribution in [-0.4, -0.2) is 33.0 Å². The number of hydrogen-bond acceptors (Lipinski definition) is 8. The molecule has 2 atom stereocenters. The van der Waals surface area contributed by atoms with Crippen molar-refractivity contribution in [1.29, 1.82) is 10.5 Å². The molecule has 0 spiro atoms. The lowest BCUT2D eigenvalue weighted by Crippen LogP contribution is -2.34. The lowest BCUT2D eigenvalue weighted by atomic mass is 9.95. The Morgan fingerprint density at radius 3 is 1.88 bits per heavy atom. The Bertz CT molecular complexity index is 1240. The number of benzene rings is 2. The molecule has 2 aromatic rings. The second-order valence-corrected chi connectivity index (χ2v) is 12.5. The van der Waals surface area contributed by atoms with E-state index in [1.807, 2.05) is 13.1 Å². The van der Waals surface area contributed by atoms with Crippen molar-refractivity contribution in [2.24, 2.45) is 22.1 Å². The Balaban J connectivity index is 0.00000369. The van der Waals surface area contributed by atoms with E-state index in [4.69, 9.17) is 9.53 Å². The molecule has 48 heavy (non-hydrogen) atoms. The first-order valence-electron chi connectivity index (χ1n) is 18.3. The zero-order valence-corrected chi connectivity index (χ0v) is 31.0. The molecular weight excluding hydrogens is 596 g/mol. The van der Waals surface area contributed by atoms with Crippen molar-refractivity contribution >= 4 is 29.0 Å². The van der Waals surface area contributed by atoms with Crippen LogP contribution >= 0.6 is 0 Å². The largest absolute Gasteiger partial charge is 0.386 e. The van der Waals surface area contributed by atoms with Gasteiger partial charge in [0.2, 0.25) is 0 Å². The SMILES string of the molecule is CC=O.CCCCCCOCc1cc(C#N)c(N=Nc2ccc(N(CC(CC)CCCC)CC(CC)CCCC)cc2NC)c(C#N)c1. The van der Waals surface area contributed by atoms with Crippen LogP contribution in [0.5, 0.6) is 0 Å². The molecule has 0 saturated heterocycles. The fourth-order valence-corrected chi connectivity index (χ4v) is 5.73. The van der Waals surface area contributed by atoms with Gasteiger partial charge in [-0.3, -0.25) is 0 Å². The van der Waals surface area contributed by atoms with Gasteiger partial charge in [0.05, 0.1) is 23.4 Å². The van der Waals surface area contributed by atoms with E-state index >= 15 is 0 Å². The van der Waals surface area contributed by atoms with E-state index in [9.17, 15) is 10.5 Å². The summed E-state index contributed by atoms with van der Waals surface area (Å²) < 4.78 is 5.81. The van der Waals surface area contributed by atoms with Crippen molar-refractivity contribution < 1.29 is 9.53 Å². The number of azo groups is 1. The third-order valence-corrected chi connectivity index (χ3v) is 8.74. The number of anilines is 2. The molecule has 0 heterocycles. The summed E-state index contributed by atoms with van der Waals surface area (Å²) in [4.78, 5) is 11.4. The number of carbonyl (C=O) groups is 1. The topological polar surface area (TPSA) is 114 Å². The van der Waals surface area contributed by atoms with Crippen molar-refractivity contribution in [3.63, 3.8) is 0 Å². The van der Waals surface area contributed by atoms with Crippen LogP contribution in [0.25, 0.3) is 0 Å². The third-order valence-electron chi connectivity index (χ3n) is 8.74. The molecule has 264 valence electrons. The number of aldehydes is 1. The van der Waals surface area contributed by atoms with E-state index < -0.39 is 0 Å². The van der Waals surface area contributed by atoms with E-state index in [2.05, 4.69) is 79.3 Å².